The van der Waals surface area contributed by atoms with Gasteiger partial charge in [-0.25, -0.2) is 0 Å². The van der Waals surface area contributed by atoms with Crippen molar-refractivity contribution in [3.63, 3.8) is 0 Å². The van der Waals surface area contributed by atoms with Gasteiger partial charge in [0, 0.05) is 5.56 Å². The summed E-state index contributed by atoms with van der Waals surface area (Å²) < 4.78 is 0. The van der Waals surface area contributed by atoms with Crippen LogP contribution in [0.5, 0.6) is 0 Å². The summed E-state index contributed by atoms with van der Waals surface area (Å²) in [5, 5.41) is 3.53. The molecule has 1 aromatic rings. The molecule has 0 radical (unpaired) electrons. The molecular formula is C13H13Cl2NO. The van der Waals surface area contributed by atoms with Crippen molar-refractivity contribution in [2.24, 2.45) is 0 Å². The monoisotopic (exact) mass is 269 g/mol. The fraction of sp³-hybridized carbons (Fsp3) is 0.308. The van der Waals surface area contributed by atoms with E-state index in [-0.39, 0.29) is 11.9 Å². The third kappa shape index (κ3) is 3.96. The number of amides is 1. The maximum Gasteiger partial charge on any atom is 0.252 e. The zero-order valence-electron chi connectivity index (χ0n) is 9.47. The predicted molar refractivity (Wildman–Crippen MR) is 71.5 cm³/mol. The molecule has 0 heterocycles. The topological polar surface area (TPSA) is 29.1 Å². The number of rotatable bonds is 4. The Labute approximate surface area is 111 Å². The average molecular weight is 270 g/mol. The van der Waals surface area contributed by atoms with Gasteiger partial charge in [0.1, 0.15) is 0 Å². The summed E-state index contributed by atoms with van der Waals surface area (Å²) in [7, 11) is 0. The van der Waals surface area contributed by atoms with E-state index in [2.05, 4.69) is 11.2 Å². The van der Waals surface area contributed by atoms with Crippen LogP contribution < -0.4 is 5.32 Å². The normalized spacial score (nSPS) is 11.6. The molecule has 0 spiro atoms. The maximum atomic E-state index is 11.8. The van der Waals surface area contributed by atoms with Crippen LogP contribution in [0.25, 0.3) is 0 Å². The summed E-state index contributed by atoms with van der Waals surface area (Å²) in [6, 6.07) is 4.48. The molecule has 0 fully saturated rings. The van der Waals surface area contributed by atoms with Crippen LogP contribution in [0.3, 0.4) is 0 Å². The highest BCUT2D eigenvalue weighted by Crippen LogP contribution is 2.22. The molecule has 1 atom stereocenters. The SMILES string of the molecule is C#CC(CCC)NC(=O)c1ccc(Cl)c(Cl)c1. The minimum atomic E-state index is -0.248. The molecule has 1 rings (SSSR count). The highest BCUT2D eigenvalue weighted by Gasteiger charge is 2.11. The van der Waals surface area contributed by atoms with E-state index in [0.29, 0.717) is 15.6 Å². The number of carbonyl (C=O) groups excluding carboxylic acids is 1. The number of carbonyl (C=O) groups is 1. The quantitative estimate of drug-likeness (QED) is 0.833. The van der Waals surface area contributed by atoms with Crippen LogP contribution in [-0.2, 0) is 0 Å². The van der Waals surface area contributed by atoms with Gasteiger partial charge in [0.05, 0.1) is 16.1 Å². The molecule has 4 heteroatoms. The van der Waals surface area contributed by atoms with Gasteiger partial charge >= 0.3 is 0 Å². The summed E-state index contributed by atoms with van der Waals surface area (Å²) in [6.07, 6.45) is 6.99. The van der Waals surface area contributed by atoms with Crippen LogP contribution >= 0.6 is 23.2 Å². The summed E-state index contributed by atoms with van der Waals surface area (Å²) >= 11 is 11.6. The fourth-order valence-electron chi connectivity index (χ4n) is 1.36. The lowest BCUT2D eigenvalue weighted by Crippen LogP contribution is -2.33. The Morgan fingerprint density at radius 2 is 2.18 bits per heavy atom. The van der Waals surface area contributed by atoms with Crippen molar-refractivity contribution in [1.82, 2.24) is 5.32 Å². The molecule has 0 saturated carbocycles. The lowest BCUT2D eigenvalue weighted by Gasteiger charge is -2.12. The first-order valence-electron chi connectivity index (χ1n) is 5.30. The number of halogens is 2. The van der Waals surface area contributed by atoms with Crippen LogP contribution in [0, 0.1) is 12.3 Å². The third-order valence-corrected chi connectivity index (χ3v) is 3.00. The molecule has 17 heavy (non-hydrogen) atoms. The molecule has 1 amide bonds. The molecule has 1 N–H and O–H groups in total. The number of hydrogen-bond donors (Lipinski definition) is 1. The van der Waals surface area contributed by atoms with Crippen molar-refractivity contribution >= 4 is 29.1 Å². The summed E-state index contributed by atoms with van der Waals surface area (Å²) in [4.78, 5) is 11.8. The van der Waals surface area contributed by atoms with Gasteiger partial charge in [0.2, 0.25) is 0 Å². The minimum absolute atomic E-state index is 0.236. The Kier molecular flexibility index (Phi) is 5.34. The smallest absolute Gasteiger partial charge is 0.252 e. The predicted octanol–water partition coefficient (Wildman–Crippen LogP) is 3.53. The molecule has 0 aliphatic heterocycles. The van der Waals surface area contributed by atoms with Crippen molar-refractivity contribution in [2.75, 3.05) is 0 Å². The Hall–Kier alpha value is -1.17. The van der Waals surface area contributed by atoms with Gasteiger partial charge in [-0.1, -0.05) is 42.5 Å². The molecule has 0 aromatic heterocycles. The molecular weight excluding hydrogens is 257 g/mol. The summed E-state index contributed by atoms with van der Waals surface area (Å²) in [5.74, 6) is 2.30. The maximum absolute atomic E-state index is 11.8. The molecule has 1 unspecified atom stereocenters. The van der Waals surface area contributed by atoms with Gasteiger partial charge in [0.15, 0.2) is 0 Å². The number of terminal acetylenes is 1. The van der Waals surface area contributed by atoms with Crippen molar-refractivity contribution < 1.29 is 4.79 Å². The first-order chi connectivity index (χ1) is 8.08. The van der Waals surface area contributed by atoms with E-state index in [4.69, 9.17) is 29.6 Å². The Morgan fingerprint density at radius 1 is 1.47 bits per heavy atom. The molecule has 1 aromatic carbocycles. The zero-order chi connectivity index (χ0) is 12.8. The largest absolute Gasteiger partial charge is 0.338 e. The Morgan fingerprint density at radius 3 is 2.71 bits per heavy atom. The highest BCUT2D eigenvalue weighted by atomic mass is 35.5. The lowest BCUT2D eigenvalue weighted by molar-refractivity contribution is 0.0944. The van der Waals surface area contributed by atoms with Gasteiger partial charge in [-0.15, -0.1) is 6.42 Å². The molecule has 90 valence electrons. The zero-order valence-corrected chi connectivity index (χ0v) is 11.0. The minimum Gasteiger partial charge on any atom is -0.338 e. The second-order valence-corrected chi connectivity index (χ2v) is 4.42. The van der Waals surface area contributed by atoms with Crippen molar-refractivity contribution in [3.05, 3.63) is 33.8 Å². The second-order valence-electron chi connectivity index (χ2n) is 3.61. The second kappa shape index (κ2) is 6.54. The standard InChI is InChI=1S/C13H13Cl2NO/c1-3-5-10(4-2)16-13(17)9-6-7-11(14)12(15)8-9/h2,6-8,10H,3,5H2,1H3,(H,16,17). The Bertz CT molecular complexity index is 451. The highest BCUT2D eigenvalue weighted by molar-refractivity contribution is 6.42. The van der Waals surface area contributed by atoms with E-state index in [0.717, 1.165) is 12.8 Å². The van der Waals surface area contributed by atoms with E-state index in [1.54, 1.807) is 12.1 Å². The van der Waals surface area contributed by atoms with E-state index < -0.39 is 0 Å². The fourth-order valence-corrected chi connectivity index (χ4v) is 1.66. The van der Waals surface area contributed by atoms with Gasteiger partial charge in [0.25, 0.3) is 5.91 Å². The number of benzene rings is 1. The number of hydrogen-bond acceptors (Lipinski definition) is 1. The van der Waals surface area contributed by atoms with Gasteiger partial charge < -0.3 is 5.32 Å². The Balaban J connectivity index is 2.76. The van der Waals surface area contributed by atoms with Gasteiger partial charge in [-0.2, -0.15) is 0 Å². The number of nitrogens with one attached hydrogen (secondary N) is 1. The van der Waals surface area contributed by atoms with Crippen LogP contribution in [0.1, 0.15) is 30.1 Å². The van der Waals surface area contributed by atoms with Crippen molar-refractivity contribution in [1.29, 1.82) is 0 Å². The average Bonchev–Trinajstić information content (AvgIpc) is 2.31. The summed E-state index contributed by atoms with van der Waals surface area (Å²) in [5.41, 5.74) is 0.454. The van der Waals surface area contributed by atoms with Gasteiger partial charge in [-0.05, 0) is 24.6 Å². The summed E-state index contributed by atoms with van der Waals surface area (Å²) in [6.45, 7) is 2.01. The van der Waals surface area contributed by atoms with Gasteiger partial charge in [-0.3, -0.25) is 4.79 Å². The van der Waals surface area contributed by atoms with Crippen molar-refractivity contribution in [2.45, 2.75) is 25.8 Å². The first kappa shape index (κ1) is 13.9. The lowest BCUT2D eigenvalue weighted by atomic mass is 10.1. The van der Waals surface area contributed by atoms with Crippen LogP contribution in [0.2, 0.25) is 10.0 Å². The van der Waals surface area contributed by atoms with Crippen LogP contribution in [-0.4, -0.2) is 11.9 Å². The van der Waals surface area contributed by atoms with E-state index >= 15 is 0 Å². The van der Waals surface area contributed by atoms with Crippen LogP contribution in [0.15, 0.2) is 18.2 Å². The molecule has 0 aliphatic rings. The van der Waals surface area contributed by atoms with E-state index in [1.807, 2.05) is 6.92 Å². The third-order valence-electron chi connectivity index (χ3n) is 2.27. The molecule has 0 aliphatic carbocycles. The van der Waals surface area contributed by atoms with Crippen LogP contribution in [0.4, 0.5) is 0 Å². The van der Waals surface area contributed by atoms with E-state index in [1.165, 1.54) is 6.07 Å². The first-order valence-corrected chi connectivity index (χ1v) is 6.06. The molecule has 0 bridgehead atoms. The van der Waals surface area contributed by atoms with E-state index in [9.17, 15) is 4.79 Å². The van der Waals surface area contributed by atoms with Crippen molar-refractivity contribution in [3.8, 4) is 12.3 Å². The molecule has 0 saturated heterocycles. The molecule has 2 nitrogen and oxygen atoms in total.